The predicted octanol–water partition coefficient (Wildman–Crippen LogP) is 8.73. The molecule has 1 saturated carbocycles. The number of likely N-dealkylation sites (tertiary alicyclic amines) is 1. The maximum atomic E-state index is 14.6. The summed E-state index contributed by atoms with van der Waals surface area (Å²) in [5, 5.41) is 9.90. The van der Waals surface area contributed by atoms with Crippen LogP contribution in [0.2, 0.25) is 0 Å². The highest BCUT2D eigenvalue weighted by Gasteiger charge is 2.38. The van der Waals surface area contributed by atoms with E-state index >= 15 is 0 Å². The molecule has 3 heterocycles. The molecule has 1 aliphatic carbocycles. The Hall–Kier alpha value is -6.80. The number of carbonyl (C=O) groups excluding carboxylic acids is 4. The molecule has 2 aromatic heterocycles. The summed E-state index contributed by atoms with van der Waals surface area (Å²) in [6.45, 7) is 7.59. The lowest BCUT2D eigenvalue weighted by molar-refractivity contribution is -0.139. The van der Waals surface area contributed by atoms with Crippen LogP contribution in [0.5, 0.6) is 0 Å². The molecule has 5 aromatic carbocycles. The van der Waals surface area contributed by atoms with Crippen LogP contribution in [0, 0.1) is 17.8 Å². The number of nitrogens with zero attached hydrogens (tertiary/aromatic N) is 4. The van der Waals surface area contributed by atoms with Gasteiger partial charge in [-0.1, -0.05) is 93.9 Å². The van der Waals surface area contributed by atoms with Gasteiger partial charge in [0, 0.05) is 36.9 Å². The van der Waals surface area contributed by atoms with Gasteiger partial charge in [0.05, 0.1) is 48.4 Å². The zero-order valence-corrected chi connectivity index (χ0v) is 38.2. The van der Waals surface area contributed by atoms with Crippen LogP contribution in [-0.2, 0) is 30.4 Å². The molecule has 0 unspecified atom stereocenters. The smallest absolute Gasteiger partial charge is 0.407 e. The molecule has 7 aromatic rings. The highest BCUT2D eigenvalue weighted by atomic mass is 16.5. The second kappa shape index (κ2) is 19.0. The summed E-state index contributed by atoms with van der Waals surface area (Å²) in [7, 11) is 2.96. The molecule has 0 radical (unpaired) electrons. The molecule has 4 N–H and O–H groups in total. The number of imidazole rings is 2. The molecule has 14 nitrogen and oxygen atoms in total. The zero-order valence-electron chi connectivity index (χ0n) is 38.2. The Labute approximate surface area is 383 Å². The molecule has 9 rings (SSSR count). The molecule has 4 amide bonds. The van der Waals surface area contributed by atoms with Gasteiger partial charge in [0.1, 0.15) is 23.7 Å². The van der Waals surface area contributed by atoms with E-state index in [9.17, 15) is 19.2 Å². The number of aromatic amines is 2. The minimum absolute atomic E-state index is 0.0428. The number of fused-ring (bicyclic) bond motifs is 6. The van der Waals surface area contributed by atoms with Crippen molar-refractivity contribution in [2.24, 2.45) is 17.8 Å². The largest absolute Gasteiger partial charge is 0.453 e. The summed E-state index contributed by atoms with van der Waals surface area (Å²) in [6, 6.07) is 28.8. The fourth-order valence-corrected chi connectivity index (χ4v) is 9.63. The fourth-order valence-electron chi connectivity index (χ4n) is 9.63. The predicted molar refractivity (Wildman–Crippen MR) is 255 cm³/mol. The Kier molecular flexibility index (Phi) is 12.8. The number of alkyl carbamates (subject to hydrolysis) is 1. The standard InChI is InChI=1S/C52H58N8O6/c1-30(2)44(58-52(64)66-5)51(63)60-24-10-15-42(60)48-54-41-23-19-37-26-35(17-21-39(37)47(41)56-48)34-16-20-38-36(25-34)18-22-40-46(38)55-43(53-40)28-59(27-31(3)29-65-4)50(62)45(32-11-7-6-8-12-32)57-49(61)33-13-9-14-33/h6-8,11-12,16-23,25-26,30-31,33,42,44-45H,9-10,13-15,24,27-29H2,1-5H3,(H,53,55)(H,54,56)(H,57,61)(H,58,64)/t31-,42-,44-,45+/m0/s1. The Balaban J connectivity index is 0.966. The SMILES string of the molecule is COC[C@@H](C)CN(Cc1nc2c(ccc3cc(-c4ccc5c(ccc6[nH]c([C@@H]7CCCN7C(=O)[C@@H](NC(=O)OC)C(C)C)nc65)c4)ccc32)[nH]1)C(=O)[C@H](NC(=O)C1CCC1)c1ccccc1. The van der Waals surface area contributed by atoms with Gasteiger partial charge in [0.2, 0.25) is 17.7 Å². The number of ether oxygens (including phenoxy) is 2. The number of carbonyl (C=O) groups is 4. The second-order valence-electron chi connectivity index (χ2n) is 18.4. The second-order valence-corrected chi connectivity index (χ2v) is 18.4. The Morgan fingerprint density at radius 3 is 2.08 bits per heavy atom. The third-order valence-corrected chi connectivity index (χ3v) is 13.4. The summed E-state index contributed by atoms with van der Waals surface area (Å²) >= 11 is 0. The lowest BCUT2D eigenvalue weighted by Gasteiger charge is -2.32. The van der Waals surface area contributed by atoms with Crippen LogP contribution in [0.3, 0.4) is 0 Å². The van der Waals surface area contributed by atoms with E-state index in [1.165, 1.54) is 7.11 Å². The number of hydrogen-bond donors (Lipinski definition) is 4. The number of H-pyrrole nitrogens is 2. The number of aromatic nitrogens is 4. The Morgan fingerprint density at radius 2 is 1.45 bits per heavy atom. The maximum absolute atomic E-state index is 14.6. The lowest BCUT2D eigenvalue weighted by atomic mass is 9.84. The summed E-state index contributed by atoms with van der Waals surface area (Å²) < 4.78 is 10.3. The van der Waals surface area contributed by atoms with Gasteiger partial charge in [0.25, 0.3) is 0 Å². The molecule has 0 spiro atoms. The van der Waals surface area contributed by atoms with E-state index in [0.29, 0.717) is 25.5 Å². The molecule has 342 valence electrons. The van der Waals surface area contributed by atoms with Gasteiger partial charge in [-0.3, -0.25) is 14.4 Å². The molecule has 2 fully saturated rings. The quantitative estimate of drug-likeness (QED) is 0.0791. The molecule has 4 atom stereocenters. The number of rotatable bonds is 15. The van der Waals surface area contributed by atoms with Crippen LogP contribution in [0.25, 0.3) is 54.7 Å². The molecule has 66 heavy (non-hydrogen) atoms. The van der Waals surface area contributed by atoms with Crippen LogP contribution in [-0.4, -0.2) is 93.5 Å². The van der Waals surface area contributed by atoms with E-state index in [4.69, 9.17) is 19.4 Å². The van der Waals surface area contributed by atoms with Crippen molar-refractivity contribution >= 4 is 67.4 Å². The van der Waals surface area contributed by atoms with Crippen LogP contribution in [0.4, 0.5) is 4.79 Å². The average molecular weight is 891 g/mol. The minimum Gasteiger partial charge on any atom is -0.453 e. The van der Waals surface area contributed by atoms with E-state index in [2.05, 4.69) is 76.1 Å². The first-order chi connectivity index (χ1) is 32.0. The summed E-state index contributed by atoms with van der Waals surface area (Å²) in [5.41, 5.74) is 6.30. The van der Waals surface area contributed by atoms with E-state index in [-0.39, 0.29) is 48.1 Å². The molecule has 1 saturated heterocycles. The van der Waals surface area contributed by atoms with Crippen molar-refractivity contribution in [1.82, 2.24) is 40.4 Å². The van der Waals surface area contributed by atoms with Crippen LogP contribution < -0.4 is 10.6 Å². The van der Waals surface area contributed by atoms with Gasteiger partial charge < -0.3 is 39.9 Å². The first-order valence-electron chi connectivity index (χ1n) is 23.1. The van der Waals surface area contributed by atoms with Crippen LogP contribution in [0.1, 0.15) is 82.2 Å². The van der Waals surface area contributed by atoms with Gasteiger partial charge in [-0.2, -0.15) is 0 Å². The molecule has 0 bridgehead atoms. The van der Waals surface area contributed by atoms with E-state index in [1.54, 1.807) is 12.0 Å². The van der Waals surface area contributed by atoms with Crippen LogP contribution >= 0.6 is 0 Å². The summed E-state index contributed by atoms with van der Waals surface area (Å²) in [4.78, 5) is 74.5. The van der Waals surface area contributed by atoms with Crippen molar-refractivity contribution in [2.75, 3.05) is 33.9 Å². The number of nitrogens with one attached hydrogen (secondary N) is 4. The van der Waals surface area contributed by atoms with Gasteiger partial charge in [-0.15, -0.1) is 0 Å². The maximum Gasteiger partial charge on any atom is 0.407 e. The van der Waals surface area contributed by atoms with Crippen molar-refractivity contribution in [3.63, 3.8) is 0 Å². The average Bonchev–Trinajstić information content (AvgIpc) is 4.07. The number of hydrogen-bond acceptors (Lipinski definition) is 8. The van der Waals surface area contributed by atoms with Crippen molar-refractivity contribution in [3.05, 3.63) is 108 Å². The molecule has 1 aliphatic heterocycles. The molecular weight excluding hydrogens is 833 g/mol. The zero-order chi connectivity index (χ0) is 46.1. The van der Waals surface area contributed by atoms with E-state index < -0.39 is 18.2 Å². The van der Waals surface area contributed by atoms with Crippen LogP contribution in [0.15, 0.2) is 91.0 Å². The normalized spacial score (nSPS) is 16.7. The lowest BCUT2D eigenvalue weighted by Crippen LogP contribution is -2.51. The summed E-state index contributed by atoms with van der Waals surface area (Å²) in [6.07, 6.45) is 3.70. The van der Waals surface area contributed by atoms with E-state index in [0.717, 1.165) is 98.2 Å². The van der Waals surface area contributed by atoms with Crippen molar-refractivity contribution in [3.8, 4) is 11.1 Å². The van der Waals surface area contributed by atoms with Gasteiger partial charge in [-0.05, 0) is 89.2 Å². The summed E-state index contributed by atoms with van der Waals surface area (Å²) in [5.74, 6) is 0.850. The minimum atomic E-state index is -0.822. The third-order valence-electron chi connectivity index (χ3n) is 13.4. The molecular formula is C52H58N8O6. The Morgan fingerprint density at radius 1 is 0.788 bits per heavy atom. The van der Waals surface area contributed by atoms with Gasteiger partial charge in [0.15, 0.2) is 0 Å². The highest BCUT2D eigenvalue weighted by molar-refractivity contribution is 6.07. The van der Waals surface area contributed by atoms with Crippen molar-refractivity contribution in [2.45, 2.75) is 77.5 Å². The van der Waals surface area contributed by atoms with Crippen molar-refractivity contribution < 1.29 is 28.7 Å². The first kappa shape index (κ1) is 44.4. The first-order valence-corrected chi connectivity index (χ1v) is 23.1. The number of benzene rings is 5. The highest BCUT2D eigenvalue weighted by Crippen LogP contribution is 2.36. The number of methoxy groups -OCH3 is 2. The third kappa shape index (κ3) is 8.93. The molecule has 2 aliphatic rings. The Bertz CT molecular complexity index is 2920. The van der Waals surface area contributed by atoms with Gasteiger partial charge >= 0.3 is 6.09 Å². The number of amides is 4. The topological polar surface area (TPSA) is 175 Å². The monoisotopic (exact) mass is 890 g/mol. The van der Waals surface area contributed by atoms with Gasteiger partial charge in [-0.25, -0.2) is 14.8 Å². The van der Waals surface area contributed by atoms with Crippen molar-refractivity contribution in [1.29, 1.82) is 0 Å². The van der Waals surface area contributed by atoms with E-state index in [1.807, 2.05) is 61.2 Å². The fraction of sp³-hybridized carbons (Fsp3) is 0.385. The molecule has 14 heteroatoms.